The van der Waals surface area contributed by atoms with E-state index in [0.717, 1.165) is 6.07 Å². The van der Waals surface area contributed by atoms with E-state index >= 15 is 0 Å². The Morgan fingerprint density at radius 1 is 1.36 bits per heavy atom. The minimum absolute atomic E-state index is 0.0520. The molecule has 0 unspecified atom stereocenters. The number of halogens is 3. The first-order valence-corrected chi connectivity index (χ1v) is 7.21. The van der Waals surface area contributed by atoms with Crippen LogP contribution in [0.4, 0.5) is 13.2 Å². The van der Waals surface area contributed by atoms with E-state index in [9.17, 15) is 18.0 Å². The van der Waals surface area contributed by atoms with Gasteiger partial charge in [0, 0.05) is 25.7 Å². The second-order valence-electron chi connectivity index (χ2n) is 5.88. The van der Waals surface area contributed by atoms with Gasteiger partial charge in [-0.25, -0.2) is 0 Å². The Labute approximate surface area is 126 Å². The molecule has 1 saturated heterocycles. The van der Waals surface area contributed by atoms with E-state index in [1.54, 1.807) is 11.0 Å². The van der Waals surface area contributed by atoms with Crippen molar-refractivity contribution in [1.82, 2.24) is 10.2 Å². The molecule has 0 aromatic heterocycles. The molecule has 2 aliphatic rings. The van der Waals surface area contributed by atoms with Crippen LogP contribution in [0.2, 0.25) is 0 Å². The summed E-state index contributed by atoms with van der Waals surface area (Å²) >= 11 is 0. The Morgan fingerprint density at radius 3 is 2.64 bits per heavy atom. The number of carbonyl (C=O) groups excluding carboxylic acids is 1. The average molecular weight is 310 g/mol. The number of carbonyl (C=O) groups is 1. The van der Waals surface area contributed by atoms with Crippen molar-refractivity contribution >= 4 is 5.91 Å². The van der Waals surface area contributed by atoms with Crippen molar-refractivity contribution in [1.29, 1.82) is 0 Å². The molecule has 6 heteroatoms. The predicted octanol–water partition coefficient (Wildman–Crippen LogP) is 2.44. The molecular formula is C16H17F3N2O. The molecule has 0 spiro atoms. The Morgan fingerprint density at radius 2 is 2.05 bits per heavy atom. The summed E-state index contributed by atoms with van der Waals surface area (Å²) in [5.74, 6) is 0.772. The van der Waals surface area contributed by atoms with E-state index in [1.165, 1.54) is 18.2 Å². The summed E-state index contributed by atoms with van der Waals surface area (Å²) in [7, 11) is 0. The van der Waals surface area contributed by atoms with Gasteiger partial charge in [-0.15, -0.1) is 0 Å². The molecule has 1 heterocycles. The van der Waals surface area contributed by atoms with Gasteiger partial charge in [-0.1, -0.05) is 24.8 Å². The summed E-state index contributed by atoms with van der Waals surface area (Å²) in [6, 6.07) is 5.67. The van der Waals surface area contributed by atoms with Gasteiger partial charge in [-0.2, -0.15) is 13.2 Å². The average Bonchev–Trinajstić information content (AvgIpc) is 2.93. The van der Waals surface area contributed by atoms with Crippen LogP contribution < -0.4 is 5.32 Å². The highest BCUT2D eigenvalue weighted by Crippen LogP contribution is 2.45. The molecule has 1 amide bonds. The highest BCUT2D eigenvalue weighted by Gasteiger charge is 2.56. The molecule has 3 nitrogen and oxygen atoms in total. The Balaban J connectivity index is 1.52. The number of hydrogen-bond donors (Lipinski definition) is 1. The maximum absolute atomic E-state index is 12.7. The monoisotopic (exact) mass is 310 g/mol. The van der Waals surface area contributed by atoms with Crippen LogP contribution in [0.1, 0.15) is 11.1 Å². The first-order valence-electron chi connectivity index (χ1n) is 7.21. The van der Waals surface area contributed by atoms with Crippen LogP contribution >= 0.6 is 0 Å². The summed E-state index contributed by atoms with van der Waals surface area (Å²) in [5.41, 5.74) is 0.00404. The van der Waals surface area contributed by atoms with E-state index < -0.39 is 11.7 Å². The SMILES string of the molecule is C=CC(=O)N1C[C@@H]2[C@H](C1)[C@@H]2NCc1cccc(C(F)(F)F)c1. The van der Waals surface area contributed by atoms with Gasteiger partial charge in [-0.3, -0.25) is 4.79 Å². The van der Waals surface area contributed by atoms with Gasteiger partial charge in [-0.05, 0) is 29.5 Å². The van der Waals surface area contributed by atoms with Crippen LogP contribution in [0, 0.1) is 11.8 Å². The first kappa shape index (κ1) is 15.1. The van der Waals surface area contributed by atoms with Crippen LogP contribution in [0.15, 0.2) is 36.9 Å². The van der Waals surface area contributed by atoms with Crippen LogP contribution in [0.25, 0.3) is 0 Å². The van der Waals surface area contributed by atoms with E-state index in [-0.39, 0.29) is 5.91 Å². The van der Waals surface area contributed by atoms with Gasteiger partial charge in [0.15, 0.2) is 0 Å². The van der Waals surface area contributed by atoms with Gasteiger partial charge in [0.2, 0.25) is 5.91 Å². The number of nitrogens with one attached hydrogen (secondary N) is 1. The maximum atomic E-state index is 12.7. The van der Waals surface area contributed by atoms with Crippen molar-refractivity contribution in [3.8, 4) is 0 Å². The number of nitrogens with zero attached hydrogens (tertiary/aromatic N) is 1. The largest absolute Gasteiger partial charge is 0.416 e. The zero-order valence-corrected chi connectivity index (χ0v) is 11.9. The third-order valence-electron chi connectivity index (χ3n) is 4.48. The first-order chi connectivity index (χ1) is 10.4. The number of benzene rings is 1. The Hall–Kier alpha value is -1.82. The fourth-order valence-corrected chi connectivity index (χ4v) is 3.23. The molecule has 1 aromatic rings. The zero-order valence-electron chi connectivity index (χ0n) is 11.9. The number of likely N-dealkylation sites (tertiary alicyclic amines) is 1. The van der Waals surface area contributed by atoms with Gasteiger partial charge in [0.1, 0.15) is 0 Å². The fraction of sp³-hybridized carbons (Fsp3) is 0.438. The minimum Gasteiger partial charge on any atom is -0.338 e. The van der Waals surface area contributed by atoms with Gasteiger partial charge >= 0.3 is 6.18 Å². The molecule has 1 aromatic carbocycles. The number of hydrogen-bond acceptors (Lipinski definition) is 2. The van der Waals surface area contributed by atoms with Crippen LogP contribution in [-0.4, -0.2) is 29.9 Å². The minimum atomic E-state index is -4.31. The second-order valence-corrected chi connectivity index (χ2v) is 5.88. The topological polar surface area (TPSA) is 32.3 Å². The molecule has 1 aliphatic heterocycles. The zero-order chi connectivity index (χ0) is 15.9. The highest BCUT2D eigenvalue weighted by atomic mass is 19.4. The standard InChI is InChI=1S/C16H17F3N2O/c1-2-14(22)21-8-12-13(9-21)15(12)20-7-10-4-3-5-11(6-10)16(17,18)19/h2-6,12-13,15,20H,1,7-9H2/t12-,13+,15-. The highest BCUT2D eigenvalue weighted by molar-refractivity contribution is 5.87. The summed E-state index contributed by atoms with van der Waals surface area (Å²) < 4.78 is 38.0. The van der Waals surface area contributed by atoms with Gasteiger partial charge in [0.05, 0.1) is 5.56 Å². The molecule has 22 heavy (non-hydrogen) atoms. The van der Waals surface area contributed by atoms with Crippen molar-refractivity contribution in [2.45, 2.75) is 18.8 Å². The number of rotatable bonds is 4. The molecule has 1 saturated carbocycles. The molecule has 2 fully saturated rings. The van der Waals surface area contributed by atoms with Crippen molar-refractivity contribution in [3.05, 3.63) is 48.0 Å². The summed E-state index contributed by atoms with van der Waals surface area (Å²) in [6.07, 6.45) is -2.99. The quantitative estimate of drug-likeness (QED) is 0.866. The maximum Gasteiger partial charge on any atom is 0.416 e. The Bertz CT molecular complexity index is 587. The molecule has 0 bridgehead atoms. The third kappa shape index (κ3) is 2.88. The lowest BCUT2D eigenvalue weighted by Crippen LogP contribution is -2.34. The smallest absolute Gasteiger partial charge is 0.338 e. The molecular weight excluding hydrogens is 293 g/mol. The molecule has 118 valence electrons. The molecule has 3 rings (SSSR count). The van der Waals surface area contributed by atoms with Crippen LogP contribution in [-0.2, 0) is 17.5 Å². The van der Waals surface area contributed by atoms with E-state index in [1.807, 2.05) is 0 Å². The predicted molar refractivity (Wildman–Crippen MR) is 75.8 cm³/mol. The van der Waals surface area contributed by atoms with E-state index in [0.29, 0.717) is 43.1 Å². The lowest BCUT2D eigenvalue weighted by molar-refractivity contribution is -0.137. The lowest BCUT2D eigenvalue weighted by Gasteiger charge is -2.18. The summed E-state index contributed by atoms with van der Waals surface area (Å²) in [6.45, 7) is 5.29. The lowest BCUT2D eigenvalue weighted by atomic mass is 10.1. The van der Waals surface area contributed by atoms with Crippen molar-refractivity contribution in [3.63, 3.8) is 0 Å². The van der Waals surface area contributed by atoms with Crippen molar-refractivity contribution < 1.29 is 18.0 Å². The molecule has 1 N–H and O–H groups in total. The number of alkyl halides is 3. The second kappa shape index (κ2) is 5.43. The molecule has 0 radical (unpaired) electrons. The number of amides is 1. The third-order valence-corrected chi connectivity index (χ3v) is 4.48. The van der Waals surface area contributed by atoms with E-state index in [4.69, 9.17) is 0 Å². The van der Waals surface area contributed by atoms with Gasteiger partial charge < -0.3 is 10.2 Å². The van der Waals surface area contributed by atoms with Crippen molar-refractivity contribution in [2.75, 3.05) is 13.1 Å². The summed E-state index contributed by atoms with van der Waals surface area (Å²) in [4.78, 5) is 13.2. The number of fused-ring (bicyclic) bond motifs is 1. The fourth-order valence-electron chi connectivity index (χ4n) is 3.23. The van der Waals surface area contributed by atoms with Crippen molar-refractivity contribution in [2.24, 2.45) is 11.8 Å². The number of piperidine rings is 1. The normalized spacial score (nSPS) is 26.7. The van der Waals surface area contributed by atoms with Crippen LogP contribution in [0.5, 0.6) is 0 Å². The van der Waals surface area contributed by atoms with Crippen LogP contribution in [0.3, 0.4) is 0 Å². The molecule has 1 aliphatic carbocycles. The Kier molecular flexibility index (Phi) is 3.72. The van der Waals surface area contributed by atoms with E-state index in [2.05, 4.69) is 11.9 Å². The summed E-state index contributed by atoms with van der Waals surface area (Å²) in [5, 5.41) is 3.30. The van der Waals surface area contributed by atoms with Gasteiger partial charge in [0.25, 0.3) is 0 Å². The molecule has 3 atom stereocenters.